The summed E-state index contributed by atoms with van der Waals surface area (Å²) in [4.78, 5) is 49.6. The third kappa shape index (κ3) is 5.33. The molecule has 9 nitrogen and oxygen atoms in total. The lowest BCUT2D eigenvalue weighted by Crippen LogP contribution is -2.42. The molecule has 0 radical (unpaired) electrons. The van der Waals surface area contributed by atoms with Crippen molar-refractivity contribution in [1.82, 2.24) is 20.9 Å². The Bertz CT molecular complexity index is 855. The average Bonchev–Trinajstić information content (AvgIpc) is 3.11. The number of hydrogen-bond donors (Lipinski definition) is 4. The van der Waals surface area contributed by atoms with Crippen LogP contribution >= 0.6 is 0 Å². The molecular formula is C17H20N4O5. The van der Waals surface area contributed by atoms with Crippen LogP contribution < -0.4 is 21.5 Å². The Kier molecular flexibility index (Phi) is 6.31. The van der Waals surface area contributed by atoms with Gasteiger partial charge in [0.2, 0.25) is 11.8 Å². The summed E-state index contributed by atoms with van der Waals surface area (Å²) >= 11 is 0. The van der Waals surface area contributed by atoms with Gasteiger partial charge < -0.3 is 25.4 Å². The van der Waals surface area contributed by atoms with E-state index in [0.717, 1.165) is 11.3 Å². The second-order valence-electron chi connectivity index (χ2n) is 5.66. The van der Waals surface area contributed by atoms with E-state index in [-0.39, 0.29) is 31.0 Å². The lowest BCUT2D eigenvalue weighted by molar-refractivity contribution is -0.125. The van der Waals surface area contributed by atoms with Gasteiger partial charge in [0, 0.05) is 17.8 Å². The van der Waals surface area contributed by atoms with E-state index in [1.54, 1.807) is 19.9 Å². The molecule has 0 saturated heterocycles. The molecule has 0 saturated carbocycles. The van der Waals surface area contributed by atoms with E-state index in [9.17, 15) is 19.2 Å². The number of aromatic nitrogens is 1. The van der Waals surface area contributed by atoms with Gasteiger partial charge in [-0.25, -0.2) is 0 Å². The molecule has 0 aliphatic carbocycles. The van der Waals surface area contributed by atoms with Crippen LogP contribution in [0.15, 0.2) is 33.7 Å². The van der Waals surface area contributed by atoms with Gasteiger partial charge in [0.25, 0.3) is 11.5 Å². The molecule has 0 fully saturated rings. The third-order valence-corrected chi connectivity index (χ3v) is 3.56. The standard InChI is InChI=1S/C17H20N4O5/c1-10-6-11(2)21-16(24)12(10)7-18-14(22)8-19-15(23)9-20-17(25)13-4-3-5-26-13/h3-6H,7-9H2,1-2H3,(H,18,22)(H,19,23)(H,20,25)(H,21,24). The summed E-state index contributed by atoms with van der Waals surface area (Å²) in [5, 5.41) is 7.31. The van der Waals surface area contributed by atoms with E-state index in [1.165, 1.54) is 12.3 Å². The quantitative estimate of drug-likeness (QED) is 0.540. The van der Waals surface area contributed by atoms with Crippen molar-refractivity contribution in [2.75, 3.05) is 13.1 Å². The molecule has 0 aromatic carbocycles. The number of furan rings is 1. The molecule has 2 aromatic heterocycles. The predicted molar refractivity (Wildman–Crippen MR) is 92.4 cm³/mol. The highest BCUT2D eigenvalue weighted by atomic mass is 16.3. The summed E-state index contributed by atoms with van der Waals surface area (Å²) in [7, 11) is 0. The van der Waals surface area contributed by atoms with E-state index < -0.39 is 17.7 Å². The minimum absolute atomic E-state index is 0.0609. The molecular weight excluding hydrogens is 340 g/mol. The number of rotatable bonds is 7. The Labute approximate surface area is 149 Å². The Hall–Kier alpha value is -3.36. The highest BCUT2D eigenvalue weighted by molar-refractivity contribution is 5.94. The van der Waals surface area contributed by atoms with Crippen molar-refractivity contribution in [3.63, 3.8) is 0 Å². The van der Waals surface area contributed by atoms with Gasteiger partial charge in [0.05, 0.1) is 19.4 Å². The van der Waals surface area contributed by atoms with Crippen LogP contribution in [0.3, 0.4) is 0 Å². The fraction of sp³-hybridized carbons (Fsp3) is 0.294. The van der Waals surface area contributed by atoms with Crippen molar-refractivity contribution in [3.05, 3.63) is 57.4 Å². The van der Waals surface area contributed by atoms with Crippen molar-refractivity contribution in [3.8, 4) is 0 Å². The number of carbonyl (C=O) groups is 3. The second kappa shape index (κ2) is 8.65. The van der Waals surface area contributed by atoms with Crippen LogP contribution in [-0.4, -0.2) is 35.8 Å². The largest absolute Gasteiger partial charge is 0.459 e. The Morgan fingerprint density at radius 3 is 2.42 bits per heavy atom. The first kappa shape index (κ1) is 19.0. The van der Waals surface area contributed by atoms with E-state index in [0.29, 0.717) is 5.56 Å². The number of amides is 3. The fourth-order valence-electron chi connectivity index (χ4n) is 2.25. The van der Waals surface area contributed by atoms with E-state index in [2.05, 4.69) is 20.9 Å². The molecule has 0 unspecified atom stereocenters. The summed E-state index contributed by atoms with van der Waals surface area (Å²) in [5.74, 6) is -1.41. The first-order chi connectivity index (χ1) is 12.4. The molecule has 4 N–H and O–H groups in total. The molecule has 0 spiro atoms. The highest BCUT2D eigenvalue weighted by Crippen LogP contribution is 2.02. The zero-order chi connectivity index (χ0) is 19.1. The predicted octanol–water partition coefficient (Wildman–Crippen LogP) is -0.253. The lowest BCUT2D eigenvalue weighted by atomic mass is 10.1. The fourth-order valence-corrected chi connectivity index (χ4v) is 2.25. The smallest absolute Gasteiger partial charge is 0.287 e. The maximum absolute atomic E-state index is 11.9. The number of nitrogens with one attached hydrogen (secondary N) is 4. The van der Waals surface area contributed by atoms with Crippen LogP contribution in [0.25, 0.3) is 0 Å². The van der Waals surface area contributed by atoms with Gasteiger partial charge in [-0.05, 0) is 37.6 Å². The second-order valence-corrected chi connectivity index (χ2v) is 5.66. The molecule has 138 valence electrons. The normalized spacial score (nSPS) is 10.2. The molecule has 9 heteroatoms. The van der Waals surface area contributed by atoms with Gasteiger partial charge in [-0.3, -0.25) is 19.2 Å². The molecule has 0 aliphatic rings. The number of hydrogen-bond acceptors (Lipinski definition) is 5. The van der Waals surface area contributed by atoms with Crippen LogP contribution in [-0.2, 0) is 16.1 Å². The molecule has 26 heavy (non-hydrogen) atoms. The average molecular weight is 360 g/mol. The van der Waals surface area contributed by atoms with Crippen molar-refractivity contribution >= 4 is 17.7 Å². The third-order valence-electron chi connectivity index (χ3n) is 3.56. The molecule has 0 aliphatic heterocycles. The summed E-state index contributed by atoms with van der Waals surface area (Å²) in [6.07, 6.45) is 1.35. The maximum atomic E-state index is 11.9. The summed E-state index contributed by atoms with van der Waals surface area (Å²) in [5.41, 5.74) is 1.72. The lowest BCUT2D eigenvalue weighted by Gasteiger charge is -2.09. The minimum atomic E-state index is -0.524. The van der Waals surface area contributed by atoms with Crippen molar-refractivity contribution in [2.45, 2.75) is 20.4 Å². The summed E-state index contributed by atoms with van der Waals surface area (Å²) in [6.45, 7) is 3.07. The molecule has 2 heterocycles. The molecule has 3 amide bonds. The Morgan fingerprint density at radius 2 is 1.77 bits per heavy atom. The van der Waals surface area contributed by atoms with Crippen molar-refractivity contribution in [1.29, 1.82) is 0 Å². The molecule has 2 aromatic rings. The van der Waals surface area contributed by atoms with Crippen molar-refractivity contribution < 1.29 is 18.8 Å². The van der Waals surface area contributed by atoms with Gasteiger partial charge >= 0.3 is 0 Å². The zero-order valence-electron chi connectivity index (χ0n) is 14.5. The number of aromatic amines is 1. The highest BCUT2D eigenvalue weighted by Gasteiger charge is 2.12. The molecule has 0 atom stereocenters. The zero-order valence-corrected chi connectivity index (χ0v) is 14.5. The monoisotopic (exact) mass is 360 g/mol. The SMILES string of the molecule is Cc1cc(C)c(CNC(=O)CNC(=O)CNC(=O)c2ccco2)c(=O)[nH]1. The van der Waals surface area contributed by atoms with Crippen LogP contribution in [0.4, 0.5) is 0 Å². The molecule has 2 rings (SSSR count). The van der Waals surface area contributed by atoms with Gasteiger partial charge in [-0.2, -0.15) is 0 Å². The molecule has 0 bridgehead atoms. The van der Waals surface area contributed by atoms with E-state index in [1.807, 2.05) is 6.07 Å². The number of aryl methyl sites for hydroxylation is 2. The van der Waals surface area contributed by atoms with Gasteiger partial charge in [0.1, 0.15) is 0 Å². The minimum Gasteiger partial charge on any atom is -0.459 e. The van der Waals surface area contributed by atoms with Crippen LogP contribution in [0.5, 0.6) is 0 Å². The van der Waals surface area contributed by atoms with Gasteiger partial charge in [-0.15, -0.1) is 0 Å². The van der Waals surface area contributed by atoms with E-state index >= 15 is 0 Å². The number of pyridine rings is 1. The maximum Gasteiger partial charge on any atom is 0.287 e. The number of carbonyl (C=O) groups excluding carboxylic acids is 3. The first-order valence-electron chi connectivity index (χ1n) is 7.91. The Morgan fingerprint density at radius 1 is 1.08 bits per heavy atom. The van der Waals surface area contributed by atoms with Gasteiger partial charge in [-0.1, -0.05) is 0 Å². The van der Waals surface area contributed by atoms with Crippen LogP contribution in [0.1, 0.15) is 27.4 Å². The summed E-state index contributed by atoms with van der Waals surface area (Å²) in [6, 6.07) is 4.84. The topological polar surface area (TPSA) is 133 Å². The van der Waals surface area contributed by atoms with Crippen LogP contribution in [0, 0.1) is 13.8 Å². The Balaban J connectivity index is 1.72. The van der Waals surface area contributed by atoms with E-state index in [4.69, 9.17) is 4.42 Å². The van der Waals surface area contributed by atoms with Gasteiger partial charge in [0.15, 0.2) is 5.76 Å². The van der Waals surface area contributed by atoms with Crippen molar-refractivity contribution in [2.24, 2.45) is 0 Å². The summed E-state index contributed by atoms with van der Waals surface area (Å²) < 4.78 is 4.89. The van der Waals surface area contributed by atoms with Crippen LogP contribution in [0.2, 0.25) is 0 Å². The first-order valence-corrected chi connectivity index (χ1v) is 7.91. The number of H-pyrrole nitrogens is 1.